The molecule has 0 fully saturated rings. The first kappa shape index (κ1) is 15.8. The van der Waals surface area contributed by atoms with Crippen molar-refractivity contribution in [3.05, 3.63) is 92.2 Å². The van der Waals surface area contributed by atoms with Crippen LogP contribution in [-0.4, -0.2) is 10.7 Å². The molecule has 2 aliphatic rings. The molecular weight excluding hydrogens is 330 g/mol. The number of carbonyl (C=O) groups is 1. The zero-order chi connectivity index (χ0) is 18.4. The Kier molecular flexibility index (Phi) is 3.44. The van der Waals surface area contributed by atoms with Gasteiger partial charge in [-0.25, -0.2) is 0 Å². The number of hydrogen-bond acceptors (Lipinski definition) is 5. The maximum absolute atomic E-state index is 13.0. The SMILES string of the molecule is CC1=C(C#N)[C@H](c2cccc([N+](=O)[O-])c2)C2=C(N1)c1ccccc1C2=O. The van der Waals surface area contributed by atoms with E-state index in [1.807, 2.05) is 12.1 Å². The molecule has 0 aromatic heterocycles. The zero-order valence-electron chi connectivity index (χ0n) is 13.8. The molecule has 0 saturated heterocycles. The average molecular weight is 343 g/mol. The fourth-order valence-electron chi connectivity index (χ4n) is 3.63. The van der Waals surface area contributed by atoms with E-state index in [0.717, 1.165) is 5.56 Å². The Hall–Kier alpha value is -3.72. The smallest absolute Gasteiger partial charge is 0.269 e. The number of Topliss-reactive ketones (excluding diaryl/α,β-unsaturated/α-hetero) is 1. The predicted octanol–water partition coefficient (Wildman–Crippen LogP) is 3.69. The van der Waals surface area contributed by atoms with E-state index in [4.69, 9.17) is 0 Å². The Morgan fingerprint density at radius 1 is 1.15 bits per heavy atom. The molecule has 0 saturated carbocycles. The second-order valence-electron chi connectivity index (χ2n) is 6.22. The third-order valence-corrected chi connectivity index (χ3v) is 4.78. The van der Waals surface area contributed by atoms with Gasteiger partial charge in [-0.15, -0.1) is 0 Å². The molecule has 1 atom stereocenters. The fraction of sp³-hybridized carbons (Fsp3) is 0.100. The van der Waals surface area contributed by atoms with E-state index in [9.17, 15) is 20.2 Å². The quantitative estimate of drug-likeness (QED) is 0.663. The number of benzene rings is 2. The first-order chi connectivity index (χ1) is 12.5. The minimum absolute atomic E-state index is 0.0684. The van der Waals surface area contributed by atoms with Crippen molar-refractivity contribution in [2.45, 2.75) is 12.8 Å². The summed E-state index contributed by atoms with van der Waals surface area (Å²) in [6.07, 6.45) is 0. The Morgan fingerprint density at radius 3 is 2.58 bits per heavy atom. The van der Waals surface area contributed by atoms with Crippen LogP contribution < -0.4 is 5.32 Å². The highest BCUT2D eigenvalue weighted by atomic mass is 16.6. The van der Waals surface area contributed by atoms with E-state index in [0.29, 0.717) is 33.7 Å². The molecule has 126 valence electrons. The molecular formula is C20H13N3O3. The molecule has 26 heavy (non-hydrogen) atoms. The van der Waals surface area contributed by atoms with Crippen molar-refractivity contribution in [1.82, 2.24) is 5.32 Å². The predicted molar refractivity (Wildman–Crippen MR) is 95.0 cm³/mol. The average Bonchev–Trinajstić information content (AvgIpc) is 2.93. The van der Waals surface area contributed by atoms with Crippen LogP contribution in [-0.2, 0) is 0 Å². The van der Waals surface area contributed by atoms with Gasteiger partial charge in [0.25, 0.3) is 5.69 Å². The second-order valence-corrected chi connectivity index (χ2v) is 6.22. The molecule has 0 spiro atoms. The van der Waals surface area contributed by atoms with Crippen molar-refractivity contribution in [2.24, 2.45) is 0 Å². The minimum Gasteiger partial charge on any atom is -0.357 e. The lowest BCUT2D eigenvalue weighted by atomic mass is 9.80. The summed E-state index contributed by atoms with van der Waals surface area (Å²) in [6.45, 7) is 1.78. The maximum Gasteiger partial charge on any atom is 0.269 e. The Balaban J connectivity index is 1.95. The number of allylic oxidation sites excluding steroid dienone is 3. The molecule has 0 unspecified atom stereocenters. The summed E-state index contributed by atoms with van der Waals surface area (Å²) in [5.41, 5.74) is 4.04. The topological polar surface area (TPSA) is 96.0 Å². The van der Waals surface area contributed by atoms with E-state index >= 15 is 0 Å². The van der Waals surface area contributed by atoms with Crippen molar-refractivity contribution in [1.29, 1.82) is 5.26 Å². The first-order valence-electron chi connectivity index (χ1n) is 8.03. The molecule has 6 nitrogen and oxygen atoms in total. The number of nitrogens with zero attached hydrogens (tertiary/aromatic N) is 2. The van der Waals surface area contributed by atoms with Gasteiger partial charge in [0, 0.05) is 34.5 Å². The third kappa shape index (κ3) is 2.15. The molecule has 4 rings (SSSR count). The van der Waals surface area contributed by atoms with E-state index in [2.05, 4.69) is 11.4 Å². The van der Waals surface area contributed by atoms with Gasteiger partial charge in [-0.05, 0) is 12.5 Å². The van der Waals surface area contributed by atoms with Crippen molar-refractivity contribution in [3.8, 4) is 6.07 Å². The molecule has 1 N–H and O–H groups in total. The van der Waals surface area contributed by atoms with E-state index in [1.54, 1.807) is 31.2 Å². The van der Waals surface area contributed by atoms with Crippen molar-refractivity contribution in [3.63, 3.8) is 0 Å². The molecule has 0 radical (unpaired) electrons. The van der Waals surface area contributed by atoms with Crippen LogP contribution in [0.5, 0.6) is 0 Å². The van der Waals surface area contributed by atoms with Crippen molar-refractivity contribution >= 4 is 17.2 Å². The van der Waals surface area contributed by atoms with Crippen LogP contribution >= 0.6 is 0 Å². The highest BCUT2D eigenvalue weighted by molar-refractivity contribution is 6.22. The van der Waals surface area contributed by atoms with Gasteiger partial charge in [0.2, 0.25) is 0 Å². The van der Waals surface area contributed by atoms with Gasteiger partial charge in [-0.2, -0.15) is 5.26 Å². The molecule has 0 bridgehead atoms. The lowest BCUT2D eigenvalue weighted by Crippen LogP contribution is -2.24. The number of nitro groups is 1. The number of dihydropyridines is 1. The number of non-ortho nitro benzene ring substituents is 1. The summed E-state index contributed by atoms with van der Waals surface area (Å²) < 4.78 is 0. The van der Waals surface area contributed by atoms with Crippen LogP contribution in [0.1, 0.15) is 34.3 Å². The lowest BCUT2D eigenvalue weighted by molar-refractivity contribution is -0.384. The molecule has 2 aromatic carbocycles. The van der Waals surface area contributed by atoms with Crippen LogP contribution in [0.15, 0.2) is 65.4 Å². The van der Waals surface area contributed by atoms with Crippen LogP contribution in [0.3, 0.4) is 0 Å². The van der Waals surface area contributed by atoms with Gasteiger partial charge in [-0.3, -0.25) is 14.9 Å². The van der Waals surface area contributed by atoms with Gasteiger partial charge in [0.1, 0.15) is 0 Å². The summed E-state index contributed by atoms with van der Waals surface area (Å²) >= 11 is 0. The summed E-state index contributed by atoms with van der Waals surface area (Å²) in [7, 11) is 0. The van der Waals surface area contributed by atoms with Gasteiger partial charge in [0.05, 0.1) is 28.2 Å². The highest BCUT2D eigenvalue weighted by Crippen LogP contribution is 2.46. The number of rotatable bonds is 2. The number of nitrogens with one attached hydrogen (secondary N) is 1. The monoisotopic (exact) mass is 343 g/mol. The van der Waals surface area contributed by atoms with Crippen LogP contribution in [0.25, 0.3) is 5.70 Å². The van der Waals surface area contributed by atoms with Gasteiger partial charge < -0.3 is 5.32 Å². The summed E-state index contributed by atoms with van der Waals surface area (Å²) in [5.74, 6) is -0.782. The van der Waals surface area contributed by atoms with Crippen molar-refractivity contribution < 1.29 is 9.72 Å². The van der Waals surface area contributed by atoms with Gasteiger partial charge >= 0.3 is 0 Å². The van der Waals surface area contributed by atoms with E-state index in [-0.39, 0.29) is 11.5 Å². The number of nitriles is 1. The Bertz CT molecular complexity index is 1090. The number of nitro benzene ring substituents is 1. The normalized spacial score (nSPS) is 18.2. The van der Waals surface area contributed by atoms with Gasteiger partial charge in [0.15, 0.2) is 5.78 Å². The summed E-state index contributed by atoms with van der Waals surface area (Å²) in [6, 6.07) is 15.6. The van der Waals surface area contributed by atoms with Crippen LogP contribution in [0.2, 0.25) is 0 Å². The number of hydrogen-bond donors (Lipinski definition) is 1. The number of carbonyl (C=O) groups excluding carboxylic acids is 1. The molecule has 0 amide bonds. The summed E-state index contributed by atoms with van der Waals surface area (Å²) in [5, 5.41) is 24.0. The lowest BCUT2D eigenvalue weighted by Gasteiger charge is -2.26. The molecule has 1 aliphatic carbocycles. The van der Waals surface area contributed by atoms with E-state index in [1.165, 1.54) is 12.1 Å². The molecule has 6 heteroatoms. The maximum atomic E-state index is 13.0. The van der Waals surface area contributed by atoms with Crippen LogP contribution in [0.4, 0.5) is 5.69 Å². The number of fused-ring (bicyclic) bond motifs is 2. The minimum atomic E-state index is -0.629. The van der Waals surface area contributed by atoms with Crippen LogP contribution in [0, 0.1) is 21.4 Å². The fourth-order valence-corrected chi connectivity index (χ4v) is 3.63. The Morgan fingerprint density at radius 2 is 1.88 bits per heavy atom. The third-order valence-electron chi connectivity index (χ3n) is 4.78. The second kappa shape index (κ2) is 5.67. The Labute approximate surface area is 149 Å². The zero-order valence-corrected chi connectivity index (χ0v) is 13.8. The van der Waals surface area contributed by atoms with Crippen molar-refractivity contribution in [2.75, 3.05) is 0 Å². The highest BCUT2D eigenvalue weighted by Gasteiger charge is 2.40. The first-order valence-corrected chi connectivity index (χ1v) is 8.03. The van der Waals surface area contributed by atoms with E-state index < -0.39 is 10.8 Å². The molecule has 1 aliphatic heterocycles. The molecule has 2 aromatic rings. The standard InChI is InChI=1S/C20H13N3O3/c1-11-16(10-21)17(12-5-4-6-13(9-12)23(25)26)18-19(22-11)14-7-2-3-8-15(14)20(18)24/h2-9,17,22H,1H3/t17-/m0/s1. The van der Waals surface area contributed by atoms with Gasteiger partial charge in [-0.1, -0.05) is 36.4 Å². The largest absolute Gasteiger partial charge is 0.357 e. The summed E-state index contributed by atoms with van der Waals surface area (Å²) in [4.78, 5) is 23.7. The molecule has 1 heterocycles. The number of ketones is 1.